The molecule has 1 fully saturated rings. The summed E-state index contributed by atoms with van der Waals surface area (Å²) in [6.07, 6.45) is 1.68. The minimum absolute atomic E-state index is 0.254. The minimum atomic E-state index is -0.438. The van der Waals surface area contributed by atoms with E-state index in [4.69, 9.17) is 14.2 Å². The second-order valence-electron chi connectivity index (χ2n) is 8.72. The third-order valence-corrected chi connectivity index (χ3v) is 6.84. The summed E-state index contributed by atoms with van der Waals surface area (Å²) in [5.74, 6) is -0.270. The van der Waals surface area contributed by atoms with Crippen LogP contribution in [0.4, 0.5) is 11.4 Å². The number of esters is 1. The number of anilines is 1. The first-order valence-corrected chi connectivity index (χ1v) is 13.3. The summed E-state index contributed by atoms with van der Waals surface area (Å²) in [5, 5.41) is 3.24. The molecule has 1 heterocycles. The quantitative estimate of drug-likeness (QED) is 0.275. The predicted molar refractivity (Wildman–Crippen MR) is 156 cm³/mol. The zero-order valence-electron chi connectivity index (χ0n) is 22.6. The number of amides is 2. The Kier molecular flexibility index (Phi) is 9.23. The number of hydrogen-bond acceptors (Lipinski definition) is 8. The lowest BCUT2D eigenvalue weighted by Crippen LogP contribution is -2.23. The van der Waals surface area contributed by atoms with Crippen molar-refractivity contribution in [3.8, 4) is 11.5 Å². The van der Waals surface area contributed by atoms with E-state index in [2.05, 4.69) is 10.3 Å². The van der Waals surface area contributed by atoms with Crippen molar-refractivity contribution < 1.29 is 28.6 Å². The molecule has 1 saturated heterocycles. The number of methoxy groups -OCH3 is 1. The molecular weight excluding hydrogens is 530 g/mol. The summed E-state index contributed by atoms with van der Waals surface area (Å²) < 4.78 is 16.4. The molecule has 40 heavy (non-hydrogen) atoms. The first kappa shape index (κ1) is 28.4. The van der Waals surface area contributed by atoms with Gasteiger partial charge >= 0.3 is 5.97 Å². The van der Waals surface area contributed by atoms with Gasteiger partial charge in [-0.3, -0.25) is 14.5 Å². The molecule has 9 nitrogen and oxygen atoms in total. The number of amidine groups is 1. The van der Waals surface area contributed by atoms with Crippen molar-refractivity contribution in [2.75, 3.05) is 32.7 Å². The van der Waals surface area contributed by atoms with Gasteiger partial charge in [0.05, 0.1) is 29.9 Å². The highest BCUT2D eigenvalue weighted by Crippen LogP contribution is 2.38. The van der Waals surface area contributed by atoms with Gasteiger partial charge in [0.25, 0.3) is 11.8 Å². The molecule has 1 aliphatic heterocycles. The van der Waals surface area contributed by atoms with Crippen LogP contribution < -0.4 is 14.8 Å². The Balaban J connectivity index is 1.54. The van der Waals surface area contributed by atoms with Crippen LogP contribution in [-0.4, -0.2) is 55.2 Å². The standard InChI is InChI=1S/C30H29N3O6S/c1-5-38-29(36)21-9-6-10-23(16-21)32-30-33(3)28(35)25(40-30)17-20-8-7-11-24(37-4)27(20)39-18-26(34)31-22-14-12-19(2)13-15-22/h6-17H,5,18H2,1-4H3,(H,31,34). The first-order valence-electron chi connectivity index (χ1n) is 12.5. The van der Waals surface area contributed by atoms with Gasteiger partial charge in [-0.05, 0) is 68.1 Å². The number of carbonyl (C=O) groups excluding carboxylic acids is 3. The van der Waals surface area contributed by atoms with Crippen LogP contribution in [0.15, 0.2) is 76.6 Å². The summed E-state index contributed by atoms with van der Waals surface area (Å²) in [4.78, 5) is 44.1. The molecule has 0 radical (unpaired) electrons. The Bertz CT molecular complexity index is 1480. The maximum atomic E-state index is 13.1. The second-order valence-corrected chi connectivity index (χ2v) is 9.73. The third-order valence-electron chi connectivity index (χ3n) is 5.78. The van der Waals surface area contributed by atoms with Crippen molar-refractivity contribution in [2.45, 2.75) is 13.8 Å². The first-order chi connectivity index (χ1) is 19.3. The van der Waals surface area contributed by atoms with Crippen LogP contribution in [-0.2, 0) is 14.3 Å². The topological polar surface area (TPSA) is 107 Å². The molecule has 10 heteroatoms. The van der Waals surface area contributed by atoms with Crippen molar-refractivity contribution in [1.82, 2.24) is 4.90 Å². The predicted octanol–water partition coefficient (Wildman–Crippen LogP) is 5.43. The highest BCUT2D eigenvalue weighted by molar-refractivity contribution is 8.18. The number of ether oxygens (including phenoxy) is 3. The molecular formula is C30H29N3O6S. The minimum Gasteiger partial charge on any atom is -0.493 e. The van der Waals surface area contributed by atoms with Gasteiger partial charge in [-0.15, -0.1) is 0 Å². The van der Waals surface area contributed by atoms with Gasteiger partial charge in [-0.2, -0.15) is 0 Å². The maximum absolute atomic E-state index is 13.1. The Morgan fingerprint density at radius 1 is 1.07 bits per heavy atom. The van der Waals surface area contributed by atoms with Gasteiger partial charge in [0.2, 0.25) is 0 Å². The van der Waals surface area contributed by atoms with Gasteiger partial charge in [0.1, 0.15) is 0 Å². The average Bonchev–Trinajstić information content (AvgIpc) is 3.21. The van der Waals surface area contributed by atoms with E-state index in [0.717, 1.165) is 5.56 Å². The Labute approximate surface area is 236 Å². The van der Waals surface area contributed by atoms with Crippen LogP contribution in [0.3, 0.4) is 0 Å². The summed E-state index contributed by atoms with van der Waals surface area (Å²) in [6, 6.07) is 19.4. The Hall–Kier alpha value is -4.57. The van der Waals surface area contributed by atoms with E-state index in [1.807, 2.05) is 31.2 Å². The molecule has 206 valence electrons. The number of aryl methyl sites for hydroxylation is 1. The van der Waals surface area contributed by atoms with Crippen LogP contribution in [0.1, 0.15) is 28.4 Å². The zero-order chi connectivity index (χ0) is 28.6. The van der Waals surface area contributed by atoms with Crippen molar-refractivity contribution in [1.29, 1.82) is 0 Å². The molecule has 0 aromatic heterocycles. The lowest BCUT2D eigenvalue weighted by molar-refractivity contribution is -0.121. The molecule has 4 rings (SSSR count). The third kappa shape index (κ3) is 6.89. The van der Waals surface area contributed by atoms with Crippen LogP contribution in [0.2, 0.25) is 0 Å². The molecule has 0 atom stereocenters. The smallest absolute Gasteiger partial charge is 0.338 e. The molecule has 0 saturated carbocycles. The van der Waals surface area contributed by atoms with Gasteiger partial charge < -0.3 is 19.5 Å². The molecule has 3 aromatic rings. The number of benzene rings is 3. The molecule has 0 bridgehead atoms. The molecule has 0 spiro atoms. The van der Waals surface area contributed by atoms with Gasteiger partial charge in [0, 0.05) is 18.3 Å². The number of nitrogens with zero attached hydrogens (tertiary/aromatic N) is 2. The molecule has 1 aliphatic rings. The maximum Gasteiger partial charge on any atom is 0.338 e. The number of thioether (sulfide) groups is 1. The van der Waals surface area contributed by atoms with Gasteiger partial charge in [-0.1, -0.05) is 35.9 Å². The fourth-order valence-corrected chi connectivity index (χ4v) is 4.73. The van der Waals surface area contributed by atoms with E-state index < -0.39 is 5.97 Å². The summed E-state index contributed by atoms with van der Waals surface area (Å²) in [7, 11) is 3.13. The van der Waals surface area contributed by atoms with Crippen molar-refractivity contribution in [2.24, 2.45) is 4.99 Å². The lowest BCUT2D eigenvalue weighted by Gasteiger charge is -2.14. The highest BCUT2D eigenvalue weighted by atomic mass is 32.2. The van der Waals surface area contributed by atoms with Crippen LogP contribution >= 0.6 is 11.8 Å². The number of hydrogen-bond donors (Lipinski definition) is 1. The summed E-state index contributed by atoms with van der Waals surface area (Å²) in [5.41, 5.74) is 3.21. The number of aliphatic imine (C=N–C) groups is 1. The van der Waals surface area contributed by atoms with E-state index in [-0.39, 0.29) is 25.0 Å². The SMILES string of the molecule is CCOC(=O)c1cccc(N=C2SC(=Cc3cccc(OC)c3OCC(=O)Nc3ccc(C)cc3)C(=O)N2C)c1. The number of nitrogens with one attached hydrogen (secondary N) is 1. The molecule has 3 aromatic carbocycles. The fourth-order valence-electron chi connectivity index (χ4n) is 3.75. The van der Waals surface area contributed by atoms with Crippen LogP contribution in [0.25, 0.3) is 6.08 Å². The van der Waals surface area contributed by atoms with E-state index in [9.17, 15) is 14.4 Å². The number of carbonyl (C=O) groups is 3. The van der Waals surface area contributed by atoms with Crippen molar-refractivity contribution in [3.05, 3.63) is 88.3 Å². The van der Waals surface area contributed by atoms with E-state index >= 15 is 0 Å². The number of para-hydroxylation sites is 1. The highest BCUT2D eigenvalue weighted by Gasteiger charge is 2.31. The largest absolute Gasteiger partial charge is 0.493 e. The van der Waals surface area contributed by atoms with E-state index in [0.29, 0.717) is 44.1 Å². The van der Waals surface area contributed by atoms with Crippen molar-refractivity contribution in [3.63, 3.8) is 0 Å². The monoisotopic (exact) mass is 559 g/mol. The normalized spacial score (nSPS) is 14.9. The number of rotatable bonds is 9. The number of likely N-dealkylation sites (N-methyl/N-ethyl adjacent to an activating group) is 1. The van der Waals surface area contributed by atoms with E-state index in [1.54, 1.807) is 62.5 Å². The van der Waals surface area contributed by atoms with Crippen molar-refractivity contribution >= 4 is 52.2 Å². The zero-order valence-corrected chi connectivity index (χ0v) is 23.4. The van der Waals surface area contributed by atoms with Gasteiger partial charge in [0.15, 0.2) is 23.3 Å². The summed E-state index contributed by atoms with van der Waals surface area (Å²) >= 11 is 1.19. The second kappa shape index (κ2) is 13.0. The average molecular weight is 560 g/mol. The summed E-state index contributed by atoms with van der Waals surface area (Å²) in [6.45, 7) is 3.72. The van der Waals surface area contributed by atoms with Crippen LogP contribution in [0, 0.1) is 6.92 Å². The van der Waals surface area contributed by atoms with Crippen LogP contribution in [0.5, 0.6) is 11.5 Å². The van der Waals surface area contributed by atoms with Gasteiger partial charge in [-0.25, -0.2) is 9.79 Å². The molecule has 1 N–H and O–H groups in total. The molecule has 0 unspecified atom stereocenters. The van der Waals surface area contributed by atoms with E-state index in [1.165, 1.54) is 23.8 Å². The fraction of sp³-hybridized carbons (Fsp3) is 0.200. The lowest BCUT2D eigenvalue weighted by atomic mass is 10.1. The Morgan fingerprint density at radius 3 is 2.55 bits per heavy atom. The molecule has 0 aliphatic carbocycles. The molecule has 2 amide bonds. The Morgan fingerprint density at radius 2 is 1.82 bits per heavy atom.